The summed E-state index contributed by atoms with van der Waals surface area (Å²) in [7, 11) is -3.11. The van der Waals surface area contributed by atoms with Crippen molar-refractivity contribution >= 4 is 32.2 Å². The number of carbonyl (C=O) groups is 1. The van der Waals surface area contributed by atoms with Gasteiger partial charge in [-0.25, -0.2) is 13.4 Å². The predicted octanol–water partition coefficient (Wildman–Crippen LogP) is 0.197. The molecular formula is C9H15N3O3S2. The number of hydrogen-bond donors (Lipinski definition) is 2. The number of anilines is 1. The van der Waals surface area contributed by atoms with Crippen LogP contribution in [0.3, 0.4) is 0 Å². The second-order valence-corrected chi connectivity index (χ2v) is 7.15. The van der Waals surface area contributed by atoms with E-state index in [2.05, 4.69) is 10.3 Å². The first-order chi connectivity index (χ1) is 7.69. The lowest BCUT2D eigenvalue weighted by molar-refractivity contribution is 0.0947. The van der Waals surface area contributed by atoms with Gasteiger partial charge in [0.15, 0.2) is 5.13 Å². The Morgan fingerprint density at radius 2 is 2.18 bits per heavy atom. The van der Waals surface area contributed by atoms with Crippen LogP contribution in [0.25, 0.3) is 0 Å². The predicted molar refractivity (Wildman–Crippen MR) is 67.9 cm³/mol. The first-order valence-electron chi connectivity index (χ1n) is 4.90. The van der Waals surface area contributed by atoms with E-state index in [9.17, 15) is 13.2 Å². The number of aromatic nitrogens is 1. The van der Waals surface area contributed by atoms with E-state index < -0.39 is 15.9 Å². The van der Waals surface area contributed by atoms with Gasteiger partial charge in [0.1, 0.15) is 14.7 Å². The number of rotatable bonds is 4. The molecule has 0 bridgehead atoms. The van der Waals surface area contributed by atoms with Crippen molar-refractivity contribution in [2.75, 3.05) is 17.7 Å². The van der Waals surface area contributed by atoms with Crippen LogP contribution >= 0.6 is 11.3 Å². The smallest absolute Gasteiger partial charge is 0.263 e. The van der Waals surface area contributed by atoms with Crippen LogP contribution in [0.2, 0.25) is 0 Å². The van der Waals surface area contributed by atoms with E-state index in [0.29, 0.717) is 15.7 Å². The van der Waals surface area contributed by atoms with Crippen LogP contribution in [0.4, 0.5) is 5.13 Å². The third kappa shape index (κ3) is 4.31. The zero-order valence-corrected chi connectivity index (χ0v) is 11.5. The first kappa shape index (κ1) is 13.9. The summed E-state index contributed by atoms with van der Waals surface area (Å²) in [5.41, 5.74) is 6.03. The quantitative estimate of drug-likeness (QED) is 0.818. The van der Waals surface area contributed by atoms with E-state index in [-0.39, 0.29) is 11.7 Å². The standard InChI is InChI=1S/C9H15N3O3S2/c1-5(4-17(3,14)15)11-8(13)7-6(2)12-9(10)16-7/h5H,4H2,1-3H3,(H2,10,12)(H,11,13). The molecule has 0 aliphatic carbocycles. The number of thiazole rings is 1. The first-order valence-corrected chi connectivity index (χ1v) is 7.78. The molecule has 1 unspecified atom stereocenters. The molecule has 96 valence electrons. The molecule has 6 nitrogen and oxygen atoms in total. The average molecular weight is 277 g/mol. The summed E-state index contributed by atoms with van der Waals surface area (Å²) in [5, 5.41) is 2.93. The minimum atomic E-state index is -3.11. The van der Waals surface area contributed by atoms with Crippen molar-refractivity contribution in [2.24, 2.45) is 0 Å². The number of nitrogens with zero attached hydrogens (tertiary/aromatic N) is 1. The summed E-state index contributed by atoms with van der Waals surface area (Å²) >= 11 is 1.09. The van der Waals surface area contributed by atoms with Crippen molar-refractivity contribution in [2.45, 2.75) is 19.9 Å². The van der Waals surface area contributed by atoms with E-state index in [1.165, 1.54) is 0 Å². The Labute approximate surface area is 104 Å². The number of amides is 1. The van der Waals surface area contributed by atoms with Gasteiger partial charge in [0.2, 0.25) is 0 Å². The fourth-order valence-electron chi connectivity index (χ4n) is 1.41. The third-order valence-electron chi connectivity index (χ3n) is 1.95. The van der Waals surface area contributed by atoms with Gasteiger partial charge in [-0.05, 0) is 13.8 Å². The molecule has 0 aromatic carbocycles. The fraction of sp³-hybridized carbons (Fsp3) is 0.556. The van der Waals surface area contributed by atoms with Crippen LogP contribution in [0.1, 0.15) is 22.3 Å². The molecule has 1 amide bonds. The number of aryl methyl sites for hydroxylation is 1. The van der Waals surface area contributed by atoms with Gasteiger partial charge < -0.3 is 11.1 Å². The van der Waals surface area contributed by atoms with Crippen LogP contribution < -0.4 is 11.1 Å². The molecule has 17 heavy (non-hydrogen) atoms. The molecule has 0 saturated carbocycles. The van der Waals surface area contributed by atoms with E-state index in [0.717, 1.165) is 17.6 Å². The van der Waals surface area contributed by atoms with Gasteiger partial charge in [0.25, 0.3) is 5.91 Å². The zero-order chi connectivity index (χ0) is 13.2. The average Bonchev–Trinajstić information content (AvgIpc) is 2.41. The van der Waals surface area contributed by atoms with Gasteiger partial charge >= 0.3 is 0 Å². The number of nitrogen functional groups attached to an aromatic ring is 1. The molecule has 3 N–H and O–H groups in total. The van der Waals surface area contributed by atoms with Gasteiger partial charge in [-0.15, -0.1) is 0 Å². The number of hydrogen-bond acceptors (Lipinski definition) is 6. The Hall–Kier alpha value is -1.15. The summed E-state index contributed by atoms with van der Waals surface area (Å²) in [6.45, 7) is 3.32. The lowest BCUT2D eigenvalue weighted by Crippen LogP contribution is -2.37. The Morgan fingerprint density at radius 1 is 1.59 bits per heavy atom. The molecule has 1 aromatic heterocycles. The molecule has 0 aliphatic heterocycles. The summed E-state index contributed by atoms with van der Waals surface area (Å²) in [6, 6.07) is -0.444. The van der Waals surface area contributed by atoms with E-state index in [1.54, 1.807) is 13.8 Å². The second-order valence-electron chi connectivity index (χ2n) is 3.93. The van der Waals surface area contributed by atoms with Crippen LogP contribution in [0.5, 0.6) is 0 Å². The number of nitrogens with one attached hydrogen (secondary N) is 1. The lowest BCUT2D eigenvalue weighted by atomic mass is 10.3. The normalized spacial score (nSPS) is 13.4. The summed E-state index contributed by atoms with van der Waals surface area (Å²) in [5.74, 6) is -0.431. The van der Waals surface area contributed by atoms with Crippen molar-refractivity contribution in [1.29, 1.82) is 0 Å². The van der Waals surface area contributed by atoms with Gasteiger partial charge in [-0.3, -0.25) is 4.79 Å². The van der Waals surface area contributed by atoms with Gasteiger partial charge in [0.05, 0.1) is 11.4 Å². The fourth-order valence-corrected chi connectivity index (χ4v) is 3.14. The molecule has 8 heteroatoms. The van der Waals surface area contributed by atoms with E-state index >= 15 is 0 Å². The Bertz CT molecular complexity index is 522. The summed E-state index contributed by atoms with van der Waals surface area (Å²) in [6.07, 6.45) is 1.13. The number of sulfone groups is 1. The lowest BCUT2D eigenvalue weighted by Gasteiger charge is -2.11. The molecule has 0 saturated heterocycles. The maximum absolute atomic E-state index is 11.8. The van der Waals surface area contributed by atoms with Gasteiger partial charge in [-0.2, -0.15) is 0 Å². The minimum Gasteiger partial charge on any atom is -0.375 e. The summed E-state index contributed by atoms with van der Waals surface area (Å²) < 4.78 is 22.1. The molecule has 0 radical (unpaired) electrons. The largest absolute Gasteiger partial charge is 0.375 e. The highest BCUT2D eigenvalue weighted by Crippen LogP contribution is 2.19. The highest BCUT2D eigenvalue weighted by atomic mass is 32.2. The molecule has 0 aliphatic rings. The summed E-state index contributed by atoms with van der Waals surface area (Å²) in [4.78, 5) is 16.1. The van der Waals surface area contributed by atoms with Crippen molar-refractivity contribution < 1.29 is 13.2 Å². The van der Waals surface area contributed by atoms with Crippen LogP contribution in [0, 0.1) is 6.92 Å². The SMILES string of the molecule is Cc1nc(N)sc1C(=O)NC(C)CS(C)(=O)=O. The van der Waals surface area contributed by atoms with E-state index in [1.807, 2.05) is 0 Å². The van der Waals surface area contributed by atoms with Crippen molar-refractivity contribution in [3.63, 3.8) is 0 Å². The maximum Gasteiger partial charge on any atom is 0.263 e. The third-order valence-corrected chi connectivity index (χ3v) is 4.04. The Balaban J connectivity index is 2.70. The second kappa shape index (κ2) is 5.01. The van der Waals surface area contributed by atoms with Crippen molar-refractivity contribution in [1.82, 2.24) is 10.3 Å². The molecule has 0 fully saturated rings. The molecule has 1 heterocycles. The molecule has 0 spiro atoms. The molecule has 1 aromatic rings. The highest BCUT2D eigenvalue weighted by Gasteiger charge is 2.18. The number of nitrogens with two attached hydrogens (primary N) is 1. The monoisotopic (exact) mass is 277 g/mol. The Morgan fingerprint density at radius 3 is 2.59 bits per heavy atom. The van der Waals surface area contributed by atoms with Crippen molar-refractivity contribution in [3.05, 3.63) is 10.6 Å². The highest BCUT2D eigenvalue weighted by molar-refractivity contribution is 7.90. The molecule has 1 atom stereocenters. The van der Waals surface area contributed by atoms with Gasteiger partial charge in [-0.1, -0.05) is 11.3 Å². The zero-order valence-electron chi connectivity index (χ0n) is 9.85. The Kier molecular flexibility index (Phi) is 4.10. The number of carbonyl (C=O) groups excluding carboxylic acids is 1. The van der Waals surface area contributed by atoms with Crippen LogP contribution in [-0.2, 0) is 9.84 Å². The molecule has 1 rings (SSSR count). The van der Waals surface area contributed by atoms with Crippen LogP contribution in [-0.4, -0.2) is 37.4 Å². The minimum absolute atomic E-state index is 0.0912. The van der Waals surface area contributed by atoms with Crippen LogP contribution in [0.15, 0.2) is 0 Å². The topological polar surface area (TPSA) is 102 Å². The van der Waals surface area contributed by atoms with Crippen molar-refractivity contribution in [3.8, 4) is 0 Å². The maximum atomic E-state index is 11.8. The molecular weight excluding hydrogens is 262 g/mol. The van der Waals surface area contributed by atoms with Gasteiger partial charge in [0, 0.05) is 12.3 Å². The van der Waals surface area contributed by atoms with E-state index in [4.69, 9.17) is 5.73 Å².